The van der Waals surface area contributed by atoms with Gasteiger partial charge in [-0.05, 0) is 30.3 Å². The molecule has 0 bridgehead atoms. The molecule has 7 nitrogen and oxygen atoms in total. The van der Waals surface area contributed by atoms with Gasteiger partial charge in [0.05, 0.1) is 5.39 Å². The van der Waals surface area contributed by atoms with Crippen molar-refractivity contribution in [3.63, 3.8) is 0 Å². The number of nitrogens with zero attached hydrogens (tertiary/aromatic N) is 2. The number of carbonyl (C=O) groups is 1. The first-order valence-corrected chi connectivity index (χ1v) is 7.41. The van der Waals surface area contributed by atoms with Crippen molar-refractivity contribution >= 4 is 22.6 Å². The molecule has 0 unspecified atom stereocenters. The Balaban J connectivity index is 1.64. The van der Waals surface area contributed by atoms with E-state index in [0.717, 1.165) is 0 Å². The lowest BCUT2D eigenvalue weighted by Crippen LogP contribution is -2.15. The summed E-state index contributed by atoms with van der Waals surface area (Å²) in [6.07, 6.45) is 1.23. The number of fused-ring (bicyclic) bond motifs is 1. The van der Waals surface area contributed by atoms with Crippen molar-refractivity contribution in [1.82, 2.24) is 10.2 Å². The molecular formula is C18H11N3O4. The summed E-state index contributed by atoms with van der Waals surface area (Å²) < 4.78 is 10.7. The summed E-state index contributed by atoms with van der Waals surface area (Å²) >= 11 is 0. The summed E-state index contributed by atoms with van der Waals surface area (Å²) in [7, 11) is 0. The quantitative estimate of drug-likeness (QED) is 0.618. The number of amides is 1. The Morgan fingerprint density at radius 1 is 1.04 bits per heavy atom. The molecule has 1 N–H and O–H groups in total. The zero-order chi connectivity index (χ0) is 17.2. The van der Waals surface area contributed by atoms with E-state index in [1.54, 1.807) is 48.5 Å². The lowest BCUT2D eigenvalue weighted by molar-refractivity contribution is 0.0997. The third-order valence-corrected chi connectivity index (χ3v) is 3.59. The molecule has 0 aliphatic carbocycles. The van der Waals surface area contributed by atoms with Crippen molar-refractivity contribution in [3.05, 3.63) is 77.0 Å². The Morgan fingerprint density at radius 3 is 2.76 bits per heavy atom. The third-order valence-electron chi connectivity index (χ3n) is 3.59. The predicted octanol–water partition coefficient (Wildman–Crippen LogP) is 3.10. The molecule has 0 radical (unpaired) electrons. The van der Waals surface area contributed by atoms with Crippen LogP contribution in [0.15, 0.2) is 74.6 Å². The summed E-state index contributed by atoms with van der Waals surface area (Å²) in [5.74, 6) is -0.245. The van der Waals surface area contributed by atoms with Gasteiger partial charge < -0.3 is 14.2 Å². The fourth-order valence-electron chi connectivity index (χ4n) is 2.44. The van der Waals surface area contributed by atoms with E-state index in [0.29, 0.717) is 28.1 Å². The van der Waals surface area contributed by atoms with Crippen molar-refractivity contribution in [2.75, 3.05) is 5.32 Å². The van der Waals surface area contributed by atoms with Crippen LogP contribution in [0, 0.1) is 0 Å². The summed E-state index contributed by atoms with van der Waals surface area (Å²) in [6, 6.07) is 14.9. The van der Waals surface area contributed by atoms with E-state index in [-0.39, 0.29) is 11.2 Å². The molecule has 0 atom stereocenters. The highest BCUT2D eigenvalue weighted by molar-refractivity contribution is 6.03. The average Bonchev–Trinajstić information content (AvgIpc) is 3.17. The predicted molar refractivity (Wildman–Crippen MR) is 90.2 cm³/mol. The number of carbonyl (C=O) groups excluding carboxylic acids is 1. The highest BCUT2D eigenvalue weighted by Crippen LogP contribution is 2.21. The maximum absolute atomic E-state index is 12.4. The van der Waals surface area contributed by atoms with Gasteiger partial charge >= 0.3 is 0 Å². The second-order valence-corrected chi connectivity index (χ2v) is 5.25. The van der Waals surface area contributed by atoms with Crippen molar-refractivity contribution in [2.45, 2.75) is 0 Å². The molecule has 4 aromatic rings. The smallest absolute Gasteiger partial charge is 0.291 e. The first-order valence-electron chi connectivity index (χ1n) is 7.41. The summed E-state index contributed by atoms with van der Waals surface area (Å²) in [6.45, 7) is 0. The fourth-order valence-corrected chi connectivity index (χ4v) is 2.44. The molecule has 0 aliphatic rings. The first-order chi connectivity index (χ1) is 12.2. The molecule has 0 saturated carbocycles. The van der Waals surface area contributed by atoms with E-state index in [9.17, 15) is 9.59 Å². The second-order valence-electron chi connectivity index (χ2n) is 5.25. The zero-order valence-electron chi connectivity index (χ0n) is 12.8. The fraction of sp³-hybridized carbons (Fsp3) is 0. The van der Waals surface area contributed by atoms with Gasteiger partial charge in [-0.15, -0.1) is 10.2 Å². The Kier molecular flexibility index (Phi) is 3.59. The topological polar surface area (TPSA) is 98.2 Å². The van der Waals surface area contributed by atoms with Crippen molar-refractivity contribution in [2.24, 2.45) is 0 Å². The lowest BCUT2D eigenvalue weighted by Gasteiger charge is -2.06. The Morgan fingerprint density at radius 2 is 1.92 bits per heavy atom. The number of nitrogens with one attached hydrogen (secondary N) is 1. The van der Waals surface area contributed by atoms with Crippen LogP contribution in [0.4, 0.5) is 5.69 Å². The van der Waals surface area contributed by atoms with Crippen LogP contribution in [-0.2, 0) is 0 Å². The molecule has 25 heavy (non-hydrogen) atoms. The lowest BCUT2D eigenvalue weighted by atomic mass is 10.2. The molecule has 2 heterocycles. The van der Waals surface area contributed by atoms with Crippen LogP contribution in [0.1, 0.15) is 10.6 Å². The van der Waals surface area contributed by atoms with Gasteiger partial charge in [0, 0.05) is 17.3 Å². The van der Waals surface area contributed by atoms with E-state index in [4.69, 9.17) is 8.83 Å². The summed E-state index contributed by atoms with van der Waals surface area (Å²) in [5, 5.41) is 10.6. The van der Waals surface area contributed by atoms with Gasteiger partial charge in [0.25, 0.3) is 5.91 Å². The number of aromatic nitrogens is 2. The molecule has 0 spiro atoms. The van der Waals surface area contributed by atoms with Crippen LogP contribution in [-0.4, -0.2) is 16.1 Å². The third kappa shape index (κ3) is 2.90. The largest absolute Gasteiger partial charge is 0.451 e. The van der Waals surface area contributed by atoms with E-state index < -0.39 is 5.91 Å². The van der Waals surface area contributed by atoms with Crippen LogP contribution in [0.25, 0.3) is 22.4 Å². The first kappa shape index (κ1) is 14.8. The van der Waals surface area contributed by atoms with Gasteiger partial charge in [0.1, 0.15) is 5.58 Å². The number of hydrogen-bond donors (Lipinski definition) is 1. The number of hydrogen-bond acceptors (Lipinski definition) is 6. The zero-order valence-corrected chi connectivity index (χ0v) is 12.8. The molecular weight excluding hydrogens is 322 g/mol. The maximum atomic E-state index is 12.4. The number of para-hydroxylation sites is 1. The monoisotopic (exact) mass is 333 g/mol. The highest BCUT2D eigenvalue weighted by atomic mass is 16.4. The van der Waals surface area contributed by atoms with E-state index in [2.05, 4.69) is 15.5 Å². The van der Waals surface area contributed by atoms with Gasteiger partial charge in [0.2, 0.25) is 12.3 Å². The Bertz CT molecular complexity index is 1120. The molecule has 4 rings (SSSR count). The molecule has 1 amide bonds. The normalized spacial score (nSPS) is 10.7. The highest BCUT2D eigenvalue weighted by Gasteiger charge is 2.13. The number of benzene rings is 2. The van der Waals surface area contributed by atoms with E-state index in [1.165, 1.54) is 12.5 Å². The minimum absolute atomic E-state index is 0.0631. The van der Waals surface area contributed by atoms with Crippen molar-refractivity contribution in [1.29, 1.82) is 0 Å². The molecule has 0 fully saturated rings. The van der Waals surface area contributed by atoms with Crippen LogP contribution in [0.3, 0.4) is 0 Å². The van der Waals surface area contributed by atoms with Crippen LogP contribution in [0.5, 0.6) is 0 Å². The van der Waals surface area contributed by atoms with Crippen LogP contribution < -0.4 is 10.7 Å². The van der Waals surface area contributed by atoms with Gasteiger partial charge in [-0.1, -0.05) is 18.2 Å². The van der Waals surface area contributed by atoms with Crippen molar-refractivity contribution in [3.8, 4) is 11.5 Å². The standard InChI is InChI=1S/C18H11N3O4/c22-14-9-16(25-15-7-2-1-6-13(14)15)17(23)20-12-5-3-4-11(8-12)18-21-19-10-24-18/h1-10H,(H,20,23). The molecule has 7 heteroatoms. The molecule has 0 saturated heterocycles. The van der Waals surface area contributed by atoms with Gasteiger partial charge in [-0.3, -0.25) is 9.59 Å². The van der Waals surface area contributed by atoms with Gasteiger partial charge in [-0.2, -0.15) is 0 Å². The average molecular weight is 333 g/mol. The molecule has 122 valence electrons. The molecule has 0 aliphatic heterocycles. The number of anilines is 1. The number of rotatable bonds is 3. The summed E-state index contributed by atoms with van der Waals surface area (Å²) in [5.41, 5.74) is 1.26. The van der Waals surface area contributed by atoms with Crippen molar-refractivity contribution < 1.29 is 13.6 Å². The van der Waals surface area contributed by atoms with Gasteiger partial charge in [-0.25, -0.2) is 0 Å². The van der Waals surface area contributed by atoms with Gasteiger partial charge in [0.15, 0.2) is 11.2 Å². The Labute approximate surface area is 140 Å². The minimum atomic E-state index is -0.523. The molecule has 2 aromatic carbocycles. The maximum Gasteiger partial charge on any atom is 0.291 e. The summed E-state index contributed by atoms with van der Waals surface area (Å²) in [4.78, 5) is 24.5. The Hall–Kier alpha value is -3.74. The van der Waals surface area contributed by atoms with E-state index in [1.807, 2.05) is 0 Å². The minimum Gasteiger partial charge on any atom is -0.451 e. The van der Waals surface area contributed by atoms with Crippen LogP contribution >= 0.6 is 0 Å². The second kappa shape index (κ2) is 6.04. The SMILES string of the molecule is O=C(Nc1cccc(-c2nnco2)c1)c1cc(=O)c2ccccc2o1. The van der Waals surface area contributed by atoms with E-state index >= 15 is 0 Å². The molecule has 2 aromatic heterocycles. The van der Waals surface area contributed by atoms with Crippen LogP contribution in [0.2, 0.25) is 0 Å².